The van der Waals surface area contributed by atoms with Crippen molar-refractivity contribution in [3.63, 3.8) is 0 Å². The fourth-order valence-corrected chi connectivity index (χ4v) is 3.27. The second kappa shape index (κ2) is 6.29. The summed E-state index contributed by atoms with van der Waals surface area (Å²) in [4.78, 5) is 25.5. The number of piperidine rings is 1. The minimum absolute atomic E-state index is 0.0866. The molecular weight excluding hydrogens is 365 g/mol. The second-order valence-corrected chi connectivity index (χ2v) is 6.45. The van der Waals surface area contributed by atoms with Gasteiger partial charge >= 0.3 is 12.3 Å². The zero-order valence-corrected chi connectivity index (χ0v) is 13.9. The van der Waals surface area contributed by atoms with Crippen LogP contribution in [0.3, 0.4) is 0 Å². The first-order valence-electron chi connectivity index (χ1n) is 8.30. The molecule has 2 fully saturated rings. The molecule has 142 valence electrons. The van der Waals surface area contributed by atoms with Gasteiger partial charge in [-0.1, -0.05) is 0 Å². The van der Waals surface area contributed by atoms with E-state index in [9.17, 15) is 22.8 Å². The summed E-state index contributed by atoms with van der Waals surface area (Å²) < 4.78 is 44.4. The van der Waals surface area contributed by atoms with Crippen LogP contribution in [0.25, 0.3) is 5.69 Å². The molecule has 27 heavy (non-hydrogen) atoms. The first kappa shape index (κ1) is 17.4. The molecular formula is C17H15F3N4O3. The lowest BCUT2D eigenvalue weighted by Gasteiger charge is -2.32. The van der Waals surface area contributed by atoms with Gasteiger partial charge in [0.2, 0.25) is 0 Å². The first-order chi connectivity index (χ1) is 12.8. The number of halogens is 3. The molecule has 0 aliphatic carbocycles. The molecule has 1 N–H and O–H groups in total. The number of nitrogens with zero attached hydrogens (tertiary/aromatic N) is 3. The van der Waals surface area contributed by atoms with Gasteiger partial charge in [-0.25, -0.2) is 9.48 Å². The normalized spacial score (nSPS) is 22.2. The summed E-state index contributed by atoms with van der Waals surface area (Å²) in [6.45, 7) is 0.753. The Kier molecular flexibility index (Phi) is 4.05. The van der Waals surface area contributed by atoms with E-state index in [0.29, 0.717) is 24.2 Å². The molecule has 10 heteroatoms. The summed E-state index contributed by atoms with van der Waals surface area (Å²) >= 11 is 0. The van der Waals surface area contributed by atoms with Crippen LogP contribution in [0.5, 0.6) is 0 Å². The summed E-state index contributed by atoms with van der Waals surface area (Å²) in [5.41, 5.74) is -0.0300. The molecule has 3 heterocycles. The lowest BCUT2D eigenvalue weighted by molar-refractivity contribution is -0.137. The van der Waals surface area contributed by atoms with Crippen LogP contribution >= 0.6 is 0 Å². The van der Waals surface area contributed by atoms with Crippen molar-refractivity contribution in [3.8, 4) is 5.69 Å². The summed E-state index contributed by atoms with van der Waals surface area (Å²) in [7, 11) is 0. The number of carbonyl (C=O) groups excluding carboxylic acids is 2. The Labute approximate surface area is 151 Å². The highest BCUT2D eigenvalue weighted by atomic mass is 19.4. The monoisotopic (exact) mass is 380 g/mol. The molecule has 2 amide bonds. The number of carbonyl (C=O) groups is 2. The van der Waals surface area contributed by atoms with Crippen molar-refractivity contribution in [2.45, 2.75) is 24.7 Å². The molecule has 4 rings (SSSR count). The molecule has 0 unspecified atom stereocenters. The zero-order valence-electron chi connectivity index (χ0n) is 13.9. The number of rotatable bonds is 2. The third-order valence-corrected chi connectivity index (χ3v) is 4.70. The molecule has 2 aliphatic heterocycles. The third kappa shape index (κ3) is 3.34. The predicted octanol–water partition coefficient (Wildman–Crippen LogP) is 2.21. The van der Waals surface area contributed by atoms with Crippen LogP contribution in [0.2, 0.25) is 0 Å². The van der Waals surface area contributed by atoms with E-state index in [0.717, 1.165) is 12.1 Å². The predicted molar refractivity (Wildman–Crippen MR) is 86.3 cm³/mol. The smallest absolute Gasteiger partial charge is 0.416 e. The maximum atomic E-state index is 12.7. The molecule has 2 aliphatic rings. The Morgan fingerprint density at radius 3 is 2.70 bits per heavy atom. The van der Waals surface area contributed by atoms with Gasteiger partial charge < -0.3 is 15.0 Å². The van der Waals surface area contributed by atoms with Crippen molar-refractivity contribution < 1.29 is 27.5 Å². The van der Waals surface area contributed by atoms with Crippen LogP contribution in [0.4, 0.5) is 18.0 Å². The number of benzene rings is 1. The number of hydrogen-bond acceptors (Lipinski definition) is 4. The molecule has 2 aromatic rings. The molecule has 0 saturated carbocycles. The number of fused-ring (bicyclic) bond motifs is 1. The van der Waals surface area contributed by atoms with E-state index in [1.165, 1.54) is 29.2 Å². The van der Waals surface area contributed by atoms with Crippen LogP contribution < -0.4 is 5.32 Å². The number of alkyl carbamates (subject to hydrolysis) is 1. The van der Waals surface area contributed by atoms with Crippen molar-refractivity contribution in [1.82, 2.24) is 20.0 Å². The van der Waals surface area contributed by atoms with Crippen molar-refractivity contribution in [2.24, 2.45) is 0 Å². The molecule has 1 aromatic heterocycles. The Morgan fingerprint density at radius 1 is 1.26 bits per heavy atom. The van der Waals surface area contributed by atoms with Gasteiger partial charge in [-0.05, 0) is 30.7 Å². The van der Waals surface area contributed by atoms with Gasteiger partial charge in [-0.3, -0.25) is 4.79 Å². The van der Waals surface area contributed by atoms with E-state index >= 15 is 0 Å². The van der Waals surface area contributed by atoms with E-state index in [4.69, 9.17) is 4.74 Å². The van der Waals surface area contributed by atoms with E-state index in [1.54, 1.807) is 4.90 Å². The Balaban J connectivity index is 1.47. The Bertz CT molecular complexity index is 878. The number of ether oxygens (including phenoxy) is 1. The molecule has 1 aromatic carbocycles. The highest BCUT2D eigenvalue weighted by Crippen LogP contribution is 2.29. The number of nitrogens with one attached hydrogen (secondary N) is 1. The SMILES string of the molecule is O=C1N[C@H]2CCN(C(=O)c3cnn(-c4ccc(C(F)(F)F)cc4)c3)C[C@H]2O1. The van der Waals surface area contributed by atoms with Gasteiger partial charge in [-0.15, -0.1) is 0 Å². The van der Waals surface area contributed by atoms with Crippen molar-refractivity contribution in [2.75, 3.05) is 13.1 Å². The minimum atomic E-state index is -4.41. The summed E-state index contributed by atoms with van der Waals surface area (Å²) in [5.74, 6) is -0.269. The van der Waals surface area contributed by atoms with Gasteiger partial charge in [0.25, 0.3) is 5.91 Å². The Morgan fingerprint density at radius 2 is 2.00 bits per heavy atom. The van der Waals surface area contributed by atoms with Gasteiger partial charge in [-0.2, -0.15) is 18.3 Å². The lowest BCUT2D eigenvalue weighted by atomic mass is 10.0. The largest absolute Gasteiger partial charge is 0.442 e. The van der Waals surface area contributed by atoms with E-state index in [-0.39, 0.29) is 24.6 Å². The molecule has 7 nitrogen and oxygen atoms in total. The molecule has 2 saturated heterocycles. The highest BCUT2D eigenvalue weighted by Gasteiger charge is 2.40. The topological polar surface area (TPSA) is 76.5 Å². The number of likely N-dealkylation sites (tertiary alicyclic amines) is 1. The molecule has 0 bridgehead atoms. The van der Waals surface area contributed by atoms with Crippen LogP contribution in [0.1, 0.15) is 22.3 Å². The van der Waals surface area contributed by atoms with Crippen LogP contribution in [-0.2, 0) is 10.9 Å². The maximum Gasteiger partial charge on any atom is 0.416 e. The van der Waals surface area contributed by atoms with Crippen molar-refractivity contribution >= 4 is 12.0 Å². The third-order valence-electron chi connectivity index (χ3n) is 4.70. The number of amides is 2. The van der Waals surface area contributed by atoms with Gasteiger partial charge in [0.05, 0.1) is 35.6 Å². The number of aromatic nitrogens is 2. The molecule has 0 spiro atoms. The van der Waals surface area contributed by atoms with E-state index < -0.39 is 17.8 Å². The molecule has 0 radical (unpaired) electrons. The fraction of sp³-hybridized carbons (Fsp3) is 0.353. The summed E-state index contributed by atoms with van der Waals surface area (Å²) in [5, 5.41) is 6.76. The van der Waals surface area contributed by atoms with E-state index in [1.807, 2.05) is 0 Å². The lowest BCUT2D eigenvalue weighted by Crippen LogP contribution is -2.50. The summed E-state index contributed by atoms with van der Waals surface area (Å²) in [6.07, 6.45) is -1.83. The van der Waals surface area contributed by atoms with Crippen molar-refractivity contribution in [3.05, 3.63) is 47.8 Å². The number of alkyl halides is 3. The molecule has 2 atom stereocenters. The average Bonchev–Trinajstić information content (AvgIpc) is 3.25. The first-order valence-corrected chi connectivity index (χ1v) is 8.30. The zero-order chi connectivity index (χ0) is 19.2. The van der Waals surface area contributed by atoms with Gasteiger partial charge in [0, 0.05) is 12.7 Å². The second-order valence-electron chi connectivity index (χ2n) is 6.45. The van der Waals surface area contributed by atoms with Gasteiger partial charge in [0.1, 0.15) is 6.10 Å². The highest BCUT2D eigenvalue weighted by molar-refractivity contribution is 5.94. The minimum Gasteiger partial charge on any atom is -0.442 e. The van der Waals surface area contributed by atoms with E-state index in [2.05, 4.69) is 10.4 Å². The standard InChI is InChI=1S/C17H15F3N4O3/c18-17(19,20)11-1-3-12(4-2-11)24-8-10(7-21-24)15(25)23-6-5-13-14(9-23)27-16(26)22-13/h1-4,7-8,13-14H,5-6,9H2,(H,22,26)/t13-,14+/m0/s1. The Hall–Kier alpha value is -3.04. The van der Waals surface area contributed by atoms with Crippen LogP contribution in [0.15, 0.2) is 36.7 Å². The average molecular weight is 380 g/mol. The summed E-state index contributed by atoms with van der Waals surface area (Å²) in [6, 6.07) is 4.42. The van der Waals surface area contributed by atoms with Crippen LogP contribution in [0, 0.1) is 0 Å². The quantitative estimate of drug-likeness (QED) is 0.867. The fourth-order valence-electron chi connectivity index (χ4n) is 3.27. The maximum absolute atomic E-state index is 12.7. The van der Waals surface area contributed by atoms with Crippen LogP contribution in [-0.4, -0.2) is 51.9 Å². The van der Waals surface area contributed by atoms with Gasteiger partial charge in [0.15, 0.2) is 0 Å². The number of hydrogen-bond donors (Lipinski definition) is 1. The van der Waals surface area contributed by atoms with Crippen molar-refractivity contribution in [1.29, 1.82) is 0 Å².